The molecule has 0 unspecified atom stereocenters. The SMILES string of the molecule is O=c1[nH]cc(Cl)c2cccnc12. The van der Waals surface area contributed by atoms with Gasteiger partial charge in [-0.2, -0.15) is 0 Å². The predicted octanol–water partition coefficient (Wildman–Crippen LogP) is 1.58. The Balaban J connectivity index is 3.05. The van der Waals surface area contributed by atoms with E-state index in [1.54, 1.807) is 18.3 Å². The number of hydrogen-bond acceptors (Lipinski definition) is 2. The van der Waals surface area contributed by atoms with Crippen LogP contribution in [0.25, 0.3) is 10.9 Å². The number of rotatable bonds is 0. The fraction of sp³-hybridized carbons (Fsp3) is 0. The molecular weight excluding hydrogens is 176 g/mol. The molecule has 12 heavy (non-hydrogen) atoms. The molecule has 3 nitrogen and oxygen atoms in total. The van der Waals surface area contributed by atoms with E-state index in [1.807, 2.05) is 0 Å². The average Bonchev–Trinajstić information content (AvgIpc) is 2.12. The highest BCUT2D eigenvalue weighted by molar-refractivity contribution is 6.35. The van der Waals surface area contributed by atoms with Gasteiger partial charge in [-0.05, 0) is 12.1 Å². The van der Waals surface area contributed by atoms with Gasteiger partial charge in [0.15, 0.2) is 0 Å². The van der Waals surface area contributed by atoms with Crippen molar-refractivity contribution in [2.75, 3.05) is 0 Å². The Kier molecular flexibility index (Phi) is 1.59. The van der Waals surface area contributed by atoms with Gasteiger partial charge < -0.3 is 4.98 Å². The average molecular weight is 181 g/mol. The molecule has 4 heteroatoms. The lowest BCUT2D eigenvalue weighted by molar-refractivity contribution is 1.24. The predicted molar refractivity (Wildman–Crippen MR) is 47.4 cm³/mol. The van der Waals surface area contributed by atoms with E-state index in [4.69, 9.17) is 11.6 Å². The minimum Gasteiger partial charge on any atom is -0.326 e. The van der Waals surface area contributed by atoms with Gasteiger partial charge in [0.25, 0.3) is 5.56 Å². The molecule has 0 fully saturated rings. The zero-order chi connectivity index (χ0) is 8.55. The third-order valence-corrected chi connectivity index (χ3v) is 1.92. The van der Waals surface area contributed by atoms with Gasteiger partial charge >= 0.3 is 0 Å². The summed E-state index contributed by atoms with van der Waals surface area (Å²) < 4.78 is 0. The number of H-pyrrole nitrogens is 1. The maximum absolute atomic E-state index is 11.2. The first-order chi connectivity index (χ1) is 5.79. The zero-order valence-corrected chi connectivity index (χ0v) is 6.80. The van der Waals surface area contributed by atoms with Crippen LogP contribution in [-0.4, -0.2) is 9.97 Å². The lowest BCUT2D eigenvalue weighted by atomic mass is 10.3. The zero-order valence-electron chi connectivity index (χ0n) is 6.04. The van der Waals surface area contributed by atoms with Crippen LogP contribution in [0.15, 0.2) is 29.3 Å². The summed E-state index contributed by atoms with van der Waals surface area (Å²) in [6, 6.07) is 3.51. The number of halogens is 1. The smallest absolute Gasteiger partial charge is 0.274 e. The number of nitrogens with zero attached hydrogens (tertiary/aromatic N) is 1. The quantitative estimate of drug-likeness (QED) is 0.669. The van der Waals surface area contributed by atoms with Crippen molar-refractivity contribution in [3.8, 4) is 0 Å². The van der Waals surface area contributed by atoms with E-state index in [0.717, 1.165) is 0 Å². The molecule has 1 N–H and O–H groups in total. The molecular formula is C8H5ClN2O. The van der Waals surface area contributed by atoms with Crippen LogP contribution >= 0.6 is 11.6 Å². The number of aromatic nitrogens is 2. The normalized spacial score (nSPS) is 10.4. The second kappa shape index (κ2) is 2.60. The van der Waals surface area contributed by atoms with E-state index in [1.165, 1.54) is 6.20 Å². The van der Waals surface area contributed by atoms with Gasteiger partial charge in [0.1, 0.15) is 5.52 Å². The Hall–Kier alpha value is -1.35. The molecule has 2 heterocycles. The fourth-order valence-corrected chi connectivity index (χ4v) is 1.26. The molecule has 0 saturated carbocycles. The molecule has 0 aliphatic carbocycles. The van der Waals surface area contributed by atoms with Crippen molar-refractivity contribution >= 4 is 22.5 Å². The standard InChI is InChI=1S/C8H5ClN2O/c9-6-4-11-8(12)7-5(6)2-1-3-10-7/h1-4H,(H,11,12). The van der Waals surface area contributed by atoms with Crippen molar-refractivity contribution in [1.29, 1.82) is 0 Å². The monoisotopic (exact) mass is 180 g/mol. The molecule has 0 radical (unpaired) electrons. The van der Waals surface area contributed by atoms with Crippen LogP contribution in [0.1, 0.15) is 0 Å². The van der Waals surface area contributed by atoms with Gasteiger partial charge in [0, 0.05) is 17.8 Å². The first-order valence-corrected chi connectivity index (χ1v) is 3.79. The summed E-state index contributed by atoms with van der Waals surface area (Å²) in [6.07, 6.45) is 3.03. The molecule has 0 aromatic carbocycles. The maximum atomic E-state index is 11.2. The molecule has 0 atom stereocenters. The summed E-state index contributed by atoms with van der Waals surface area (Å²) in [6.45, 7) is 0. The molecule has 2 rings (SSSR count). The lowest BCUT2D eigenvalue weighted by Crippen LogP contribution is -2.06. The van der Waals surface area contributed by atoms with Crippen molar-refractivity contribution in [2.24, 2.45) is 0 Å². The summed E-state index contributed by atoms with van der Waals surface area (Å²) >= 11 is 5.82. The van der Waals surface area contributed by atoms with Gasteiger partial charge in [-0.25, -0.2) is 0 Å². The summed E-state index contributed by atoms with van der Waals surface area (Å²) in [4.78, 5) is 17.6. The Morgan fingerprint density at radius 1 is 1.50 bits per heavy atom. The first kappa shape index (κ1) is 7.31. The van der Waals surface area contributed by atoms with Crippen LogP contribution in [0.5, 0.6) is 0 Å². The van der Waals surface area contributed by atoms with Gasteiger partial charge in [-0.3, -0.25) is 9.78 Å². The molecule has 2 aromatic rings. The third-order valence-electron chi connectivity index (χ3n) is 1.61. The molecule has 0 aliphatic heterocycles. The minimum absolute atomic E-state index is 0.213. The van der Waals surface area contributed by atoms with Crippen molar-refractivity contribution in [2.45, 2.75) is 0 Å². The largest absolute Gasteiger partial charge is 0.326 e. The van der Waals surface area contributed by atoms with Crippen LogP contribution < -0.4 is 5.56 Å². The topological polar surface area (TPSA) is 45.8 Å². The molecule has 0 amide bonds. The van der Waals surface area contributed by atoms with Crippen LogP contribution in [0.2, 0.25) is 5.02 Å². The molecule has 2 aromatic heterocycles. The van der Waals surface area contributed by atoms with E-state index >= 15 is 0 Å². The highest BCUT2D eigenvalue weighted by atomic mass is 35.5. The Morgan fingerprint density at radius 3 is 3.08 bits per heavy atom. The van der Waals surface area contributed by atoms with E-state index in [9.17, 15) is 4.79 Å². The van der Waals surface area contributed by atoms with Crippen LogP contribution in [0.4, 0.5) is 0 Å². The van der Waals surface area contributed by atoms with Crippen molar-refractivity contribution < 1.29 is 0 Å². The molecule has 0 spiro atoms. The van der Waals surface area contributed by atoms with Gasteiger partial charge in [0.05, 0.1) is 5.02 Å². The van der Waals surface area contributed by atoms with Crippen LogP contribution in [0, 0.1) is 0 Å². The molecule has 60 valence electrons. The van der Waals surface area contributed by atoms with Crippen molar-refractivity contribution in [3.05, 3.63) is 39.9 Å². The van der Waals surface area contributed by atoms with Gasteiger partial charge in [0.2, 0.25) is 0 Å². The Bertz CT molecular complexity index is 478. The maximum Gasteiger partial charge on any atom is 0.274 e. The summed E-state index contributed by atoms with van der Waals surface area (Å²) in [5.74, 6) is 0. The van der Waals surface area contributed by atoms with Gasteiger partial charge in [-0.15, -0.1) is 0 Å². The van der Waals surface area contributed by atoms with E-state index in [0.29, 0.717) is 15.9 Å². The lowest BCUT2D eigenvalue weighted by Gasteiger charge is -1.95. The number of pyridine rings is 2. The minimum atomic E-state index is -0.213. The van der Waals surface area contributed by atoms with E-state index in [-0.39, 0.29) is 5.56 Å². The molecule has 0 bridgehead atoms. The second-order valence-electron chi connectivity index (χ2n) is 2.37. The number of hydrogen-bond donors (Lipinski definition) is 1. The number of nitrogens with one attached hydrogen (secondary N) is 1. The highest BCUT2D eigenvalue weighted by Gasteiger charge is 2.01. The summed E-state index contributed by atoms with van der Waals surface area (Å²) in [7, 11) is 0. The van der Waals surface area contributed by atoms with Gasteiger partial charge in [-0.1, -0.05) is 11.6 Å². The first-order valence-electron chi connectivity index (χ1n) is 3.41. The molecule has 0 aliphatic rings. The van der Waals surface area contributed by atoms with Crippen molar-refractivity contribution in [3.63, 3.8) is 0 Å². The van der Waals surface area contributed by atoms with E-state index < -0.39 is 0 Å². The fourth-order valence-electron chi connectivity index (χ4n) is 1.05. The Morgan fingerprint density at radius 2 is 2.33 bits per heavy atom. The Labute approximate surface area is 73.0 Å². The number of fused-ring (bicyclic) bond motifs is 1. The third kappa shape index (κ3) is 0.987. The van der Waals surface area contributed by atoms with E-state index in [2.05, 4.69) is 9.97 Å². The van der Waals surface area contributed by atoms with Crippen LogP contribution in [0.3, 0.4) is 0 Å². The number of aromatic amines is 1. The highest BCUT2D eigenvalue weighted by Crippen LogP contribution is 2.16. The summed E-state index contributed by atoms with van der Waals surface area (Å²) in [5, 5.41) is 1.20. The van der Waals surface area contributed by atoms with Crippen LogP contribution in [-0.2, 0) is 0 Å². The molecule has 0 saturated heterocycles. The summed E-state index contributed by atoms with van der Waals surface area (Å²) in [5.41, 5.74) is 0.167. The van der Waals surface area contributed by atoms with Crippen molar-refractivity contribution in [1.82, 2.24) is 9.97 Å². The second-order valence-corrected chi connectivity index (χ2v) is 2.77.